The number of epoxide rings is 2. The molecule has 2 heterocycles. The molecule has 2 saturated heterocycles. The van der Waals surface area contributed by atoms with Gasteiger partial charge in [0.15, 0.2) is 0 Å². The third-order valence-electron chi connectivity index (χ3n) is 7.46. The van der Waals surface area contributed by atoms with Crippen molar-refractivity contribution in [2.75, 3.05) is 13.2 Å². The zero-order valence-corrected chi connectivity index (χ0v) is 15.1. The van der Waals surface area contributed by atoms with Crippen LogP contribution in [0.5, 0.6) is 0 Å². The highest BCUT2D eigenvalue weighted by Crippen LogP contribution is 2.45. The van der Waals surface area contributed by atoms with Crippen LogP contribution in [0.25, 0.3) is 0 Å². The van der Waals surface area contributed by atoms with Crippen molar-refractivity contribution in [2.24, 2.45) is 29.6 Å². The number of hydrogen-bond acceptors (Lipinski definition) is 2. The van der Waals surface area contributed by atoms with E-state index >= 15 is 0 Å². The molecular weight excluding hydrogens is 284 g/mol. The van der Waals surface area contributed by atoms with E-state index in [0.29, 0.717) is 12.2 Å². The molecule has 0 spiro atoms. The first-order chi connectivity index (χ1) is 11.3. The summed E-state index contributed by atoms with van der Waals surface area (Å²) < 4.78 is 10.9. The molecule has 0 aromatic carbocycles. The molecule has 132 valence electrons. The van der Waals surface area contributed by atoms with Gasteiger partial charge in [-0.05, 0) is 68.1 Å². The molecule has 2 nitrogen and oxygen atoms in total. The second-order valence-corrected chi connectivity index (χ2v) is 9.02. The maximum absolute atomic E-state index is 5.43. The first-order valence-electron chi connectivity index (χ1n) is 10.5. The quantitative estimate of drug-likeness (QED) is 0.602. The van der Waals surface area contributed by atoms with Gasteiger partial charge in [0.1, 0.15) is 0 Å². The summed E-state index contributed by atoms with van der Waals surface area (Å²) in [6, 6.07) is 0. The summed E-state index contributed by atoms with van der Waals surface area (Å²) in [6.45, 7) is 4.55. The summed E-state index contributed by atoms with van der Waals surface area (Å²) in [7, 11) is 0. The Morgan fingerprint density at radius 3 is 1.39 bits per heavy atom. The number of hydrogen-bond donors (Lipinski definition) is 0. The summed E-state index contributed by atoms with van der Waals surface area (Å²) >= 11 is 0. The van der Waals surface area contributed by atoms with E-state index in [4.69, 9.17) is 9.47 Å². The van der Waals surface area contributed by atoms with Crippen LogP contribution >= 0.6 is 0 Å². The molecule has 4 fully saturated rings. The summed E-state index contributed by atoms with van der Waals surface area (Å²) in [5.41, 5.74) is 0. The molecule has 0 N–H and O–H groups in total. The fourth-order valence-corrected chi connectivity index (χ4v) is 5.91. The second kappa shape index (κ2) is 7.44. The Morgan fingerprint density at radius 1 is 0.696 bits per heavy atom. The van der Waals surface area contributed by atoms with E-state index in [1.807, 2.05) is 0 Å². The Balaban J connectivity index is 1.22. The fourth-order valence-electron chi connectivity index (χ4n) is 5.91. The largest absolute Gasteiger partial charge is 0.373 e. The first kappa shape index (κ1) is 16.4. The van der Waals surface area contributed by atoms with Crippen molar-refractivity contribution in [3.8, 4) is 0 Å². The number of rotatable bonds is 7. The smallest absolute Gasteiger partial charge is 0.0812 e. The average Bonchev–Trinajstić information content (AvgIpc) is 3.48. The monoisotopic (exact) mass is 320 g/mol. The van der Waals surface area contributed by atoms with E-state index in [-0.39, 0.29) is 0 Å². The zero-order valence-electron chi connectivity index (χ0n) is 15.1. The van der Waals surface area contributed by atoms with E-state index in [9.17, 15) is 0 Å². The second-order valence-electron chi connectivity index (χ2n) is 9.02. The highest BCUT2D eigenvalue weighted by atomic mass is 16.6. The van der Waals surface area contributed by atoms with Crippen LogP contribution in [0.3, 0.4) is 0 Å². The topological polar surface area (TPSA) is 25.1 Å². The van der Waals surface area contributed by atoms with Gasteiger partial charge >= 0.3 is 0 Å². The Morgan fingerprint density at radius 2 is 1.09 bits per heavy atom. The van der Waals surface area contributed by atoms with Crippen molar-refractivity contribution < 1.29 is 9.47 Å². The third-order valence-corrected chi connectivity index (χ3v) is 7.46. The van der Waals surface area contributed by atoms with Crippen LogP contribution in [-0.4, -0.2) is 25.4 Å². The van der Waals surface area contributed by atoms with Crippen LogP contribution in [0, 0.1) is 29.6 Å². The Hall–Kier alpha value is -0.0800. The predicted molar refractivity (Wildman–Crippen MR) is 93.4 cm³/mol. The molecule has 2 aliphatic carbocycles. The van der Waals surface area contributed by atoms with Gasteiger partial charge in [0.05, 0.1) is 25.4 Å². The van der Waals surface area contributed by atoms with Gasteiger partial charge in [-0.1, -0.05) is 39.0 Å². The molecule has 0 aromatic rings. The van der Waals surface area contributed by atoms with Gasteiger partial charge in [0.25, 0.3) is 0 Å². The van der Waals surface area contributed by atoms with Crippen molar-refractivity contribution in [1.29, 1.82) is 0 Å². The summed E-state index contributed by atoms with van der Waals surface area (Å²) in [5.74, 6) is 5.04. The molecule has 4 aliphatic rings. The van der Waals surface area contributed by atoms with Crippen LogP contribution in [-0.2, 0) is 9.47 Å². The zero-order chi connectivity index (χ0) is 15.6. The molecule has 2 unspecified atom stereocenters. The SMILES string of the molecule is CCC(C1CCC(CC2CO2)CC1)C1CCC(CC2CO2)CC1. The van der Waals surface area contributed by atoms with Crippen LogP contribution in [0.1, 0.15) is 77.6 Å². The Kier molecular flexibility index (Phi) is 5.30. The summed E-state index contributed by atoms with van der Waals surface area (Å²) in [6.07, 6.45) is 17.4. The van der Waals surface area contributed by atoms with Gasteiger partial charge in [-0.15, -0.1) is 0 Å². The lowest BCUT2D eigenvalue weighted by Crippen LogP contribution is -2.30. The molecule has 4 rings (SSSR count). The number of ether oxygens (including phenoxy) is 2. The standard InChI is InChI=1S/C21H36O2/c1-2-21(17-7-3-15(4-8-17)11-19-13-22-19)18-9-5-16(6-10-18)12-20-14-23-20/h15-21H,2-14H2,1H3. The minimum atomic E-state index is 0.643. The highest BCUT2D eigenvalue weighted by Gasteiger charge is 2.36. The molecule has 2 saturated carbocycles. The highest BCUT2D eigenvalue weighted by molar-refractivity contribution is 4.87. The maximum Gasteiger partial charge on any atom is 0.0812 e. The third kappa shape index (κ3) is 4.51. The fraction of sp³-hybridized carbons (Fsp3) is 1.00. The lowest BCUT2D eigenvalue weighted by molar-refractivity contribution is 0.103. The van der Waals surface area contributed by atoms with Crippen molar-refractivity contribution in [2.45, 2.75) is 89.8 Å². The molecule has 2 atom stereocenters. The van der Waals surface area contributed by atoms with Gasteiger partial charge in [-0.2, -0.15) is 0 Å². The van der Waals surface area contributed by atoms with Gasteiger partial charge in [0, 0.05) is 0 Å². The Bertz CT molecular complexity index is 324. The molecule has 0 bridgehead atoms. The van der Waals surface area contributed by atoms with E-state index in [2.05, 4.69) is 6.92 Å². The lowest BCUT2D eigenvalue weighted by atomic mass is 9.65. The normalized spacial score (nSPS) is 44.7. The molecule has 2 aliphatic heterocycles. The maximum atomic E-state index is 5.43. The van der Waals surface area contributed by atoms with Gasteiger partial charge < -0.3 is 9.47 Å². The van der Waals surface area contributed by atoms with E-state index in [0.717, 1.165) is 42.8 Å². The first-order valence-corrected chi connectivity index (χ1v) is 10.5. The molecule has 2 heteroatoms. The Labute approximate surface area is 142 Å². The molecule has 0 amide bonds. The lowest BCUT2D eigenvalue weighted by Gasteiger charge is -2.40. The van der Waals surface area contributed by atoms with E-state index in [1.54, 1.807) is 0 Å². The van der Waals surface area contributed by atoms with E-state index < -0.39 is 0 Å². The molecule has 0 aromatic heterocycles. The summed E-state index contributed by atoms with van der Waals surface area (Å²) in [5, 5.41) is 0. The van der Waals surface area contributed by atoms with Crippen molar-refractivity contribution in [1.82, 2.24) is 0 Å². The molecule has 23 heavy (non-hydrogen) atoms. The minimum Gasteiger partial charge on any atom is -0.373 e. The minimum absolute atomic E-state index is 0.643. The van der Waals surface area contributed by atoms with Crippen LogP contribution in [0.4, 0.5) is 0 Å². The van der Waals surface area contributed by atoms with Crippen LogP contribution < -0.4 is 0 Å². The summed E-state index contributed by atoms with van der Waals surface area (Å²) in [4.78, 5) is 0. The van der Waals surface area contributed by atoms with Crippen LogP contribution in [0.2, 0.25) is 0 Å². The molecule has 0 radical (unpaired) electrons. The predicted octanol–water partition coefficient (Wildman–Crippen LogP) is 5.20. The molecular formula is C21H36O2. The van der Waals surface area contributed by atoms with Crippen molar-refractivity contribution in [3.63, 3.8) is 0 Å². The van der Waals surface area contributed by atoms with Gasteiger partial charge in [-0.25, -0.2) is 0 Å². The van der Waals surface area contributed by atoms with Crippen molar-refractivity contribution >= 4 is 0 Å². The van der Waals surface area contributed by atoms with E-state index in [1.165, 1.54) is 70.6 Å². The van der Waals surface area contributed by atoms with Crippen molar-refractivity contribution in [3.05, 3.63) is 0 Å². The van der Waals surface area contributed by atoms with Gasteiger partial charge in [0.2, 0.25) is 0 Å². The average molecular weight is 321 g/mol. The van der Waals surface area contributed by atoms with Crippen LogP contribution in [0.15, 0.2) is 0 Å². The van der Waals surface area contributed by atoms with Gasteiger partial charge in [-0.3, -0.25) is 0 Å².